The number of nitrogens with one attached hydrogen (secondary N) is 1. The van der Waals surface area contributed by atoms with Crippen molar-refractivity contribution in [3.05, 3.63) is 35.6 Å². The third-order valence-corrected chi connectivity index (χ3v) is 3.42. The van der Waals surface area contributed by atoms with Gasteiger partial charge in [-0.2, -0.15) is 0 Å². The van der Waals surface area contributed by atoms with Crippen LogP contribution in [0.1, 0.15) is 24.9 Å². The number of carbonyl (C=O) groups is 1. The Morgan fingerprint density at radius 1 is 1.50 bits per heavy atom. The Bertz CT molecular complexity index is 441. The van der Waals surface area contributed by atoms with Crippen LogP contribution in [0.5, 0.6) is 0 Å². The van der Waals surface area contributed by atoms with E-state index in [0.29, 0.717) is 6.54 Å². The van der Waals surface area contributed by atoms with E-state index < -0.39 is 0 Å². The highest BCUT2D eigenvalue weighted by Gasteiger charge is 2.21. The number of nitrogens with two attached hydrogens (primary N) is 1. The summed E-state index contributed by atoms with van der Waals surface area (Å²) in [5.74, 6) is -0.292. The second kappa shape index (κ2) is 7.57. The van der Waals surface area contributed by atoms with Gasteiger partial charge >= 0.3 is 0 Å². The summed E-state index contributed by atoms with van der Waals surface area (Å²) in [6, 6.07) is 6.24. The molecule has 0 bridgehead atoms. The first kappa shape index (κ1) is 16.9. The van der Waals surface area contributed by atoms with Gasteiger partial charge in [0.2, 0.25) is 5.91 Å². The van der Waals surface area contributed by atoms with E-state index in [1.54, 1.807) is 12.1 Å². The van der Waals surface area contributed by atoms with Crippen LogP contribution in [-0.2, 0) is 4.79 Å². The zero-order valence-electron chi connectivity index (χ0n) is 11.5. The molecule has 1 amide bonds. The summed E-state index contributed by atoms with van der Waals surface area (Å²) in [5.41, 5.74) is 6.69. The number of amides is 1. The number of rotatable bonds is 4. The zero-order valence-corrected chi connectivity index (χ0v) is 12.3. The average molecular weight is 302 g/mol. The molecule has 1 fully saturated rings. The van der Waals surface area contributed by atoms with Gasteiger partial charge in [0.25, 0.3) is 0 Å². The predicted molar refractivity (Wildman–Crippen MR) is 79.2 cm³/mol. The van der Waals surface area contributed by atoms with Crippen LogP contribution in [0.15, 0.2) is 24.3 Å². The van der Waals surface area contributed by atoms with Crippen molar-refractivity contribution < 1.29 is 9.18 Å². The van der Waals surface area contributed by atoms with E-state index in [9.17, 15) is 9.18 Å². The number of hydrogen-bond acceptors (Lipinski definition) is 3. The molecule has 0 aromatic heterocycles. The number of benzene rings is 1. The Kier molecular flexibility index (Phi) is 6.39. The minimum atomic E-state index is -0.270. The van der Waals surface area contributed by atoms with Crippen LogP contribution < -0.4 is 11.1 Å². The van der Waals surface area contributed by atoms with Crippen molar-refractivity contribution in [3.63, 3.8) is 0 Å². The molecular weight excluding hydrogens is 281 g/mol. The lowest BCUT2D eigenvalue weighted by molar-refractivity contribution is -0.122. The van der Waals surface area contributed by atoms with E-state index in [4.69, 9.17) is 5.73 Å². The number of halogens is 2. The van der Waals surface area contributed by atoms with Crippen LogP contribution in [-0.4, -0.2) is 36.5 Å². The Morgan fingerprint density at radius 2 is 2.15 bits per heavy atom. The summed E-state index contributed by atoms with van der Waals surface area (Å²) < 4.78 is 12.8. The van der Waals surface area contributed by atoms with Crippen molar-refractivity contribution in [3.8, 4) is 0 Å². The Labute approximate surface area is 124 Å². The topological polar surface area (TPSA) is 58.4 Å². The third kappa shape index (κ3) is 4.74. The standard InChI is InChI=1S/C14H20FN3O.ClH/c1-10(11-2-4-12(15)5-3-11)17-14(19)9-18-7-6-13(16)8-18;/h2-5,10,13H,6-9,16H2,1H3,(H,17,19);1H/t10?,13-;/m0./s1. The van der Waals surface area contributed by atoms with Crippen LogP contribution in [0, 0.1) is 5.82 Å². The van der Waals surface area contributed by atoms with Crippen LogP contribution in [0.25, 0.3) is 0 Å². The molecule has 0 saturated carbocycles. The molecule has 1 heterocycles. The molecule has 20 heavy (non-hydrogen) atoms. The molecule has 2 rings (SSSR count). The van der Waals surface area contributed by atoms with Gasteiger partial charge in [0, 0.05) is 19.1 Å². The maximum Gasteiger partial charge on any atom is 0.234 e. The number of likely N-dealkylation sites (tertiary alicyclic amines) is 1. The highest BCUT2D eigenvalue weighted by Crippen LogP contribution is 2.13. The molecule has 1 saturated heterocycles. The second-order valence-electron chi connectivity index (χ2n) is 5.12. The van der Waals surface area contributed by atoms with Crippen LogP contribution in [0.2, 0.25) is 0 Å². The molecule has 1 aliphatic heterocycles. The van der Waals surface area contributed by atoms with E-state index in [2.05, 4.69) is 10.2 Å². The van der Waals surface area contributed by atoms with Crippen molar-refractivity contribution in [2.45, 2.75) is 25.4 Å². The highest BCUT2D eigenvalue weighted by atomic mass is 35.5. The van der Waals surface area contributed by atoms with Gasteiger partial charge in [-0.25, -0.2) is 4.39 Å². The normalized spacial score (nSPS) is 20.2. The van der Waals surface area contributed by atoms with Crippen molar-refractivity contribution in [1.82, 2.24) is 10.2 Å². The minimum Gasteiger partial charge on any atom is -0.348 e. The molecule has 2 atom stereocenters. The van der Waals surface area contributed by atoms with Crippen LogP contribution in [0.4, 0.5) is 4.39 Å². The molecule has 1 unspecified atom stereocenters. The first-order chi connectivity index (χ1) is 9.04. The largest absolute Gasteiger partial charge is 0.348 e. The molecule has 6 heteroatoms. The van der Waals surface area contributed by atoms with Gasteiger partial charge in [-0.05, 0) is 31.0 Å². The summed E-state index contributed by atoms with van der Waals surface area (Å²) in [6.45, 7) is 3.91. The Balaban J connectivity index is 0.00000200. The smallest absolute Gasteiger partial charge is 0.234 e. The van der Waals surface area contributed by atoms with E-state index in [-0.39, 0.29) is 36.2 Å². The lowest BCUT2D eigenvalue weighted by Gasteiger charge is -2.18. The summed E-state index contributed by atoms with van der Waals surface area (Å²) in [5, 5.41) is 2.91. The average Bonchev–Trinajstić information content (AvgIpc) is 2.75. The molecule has 1 aromatic carbocycles. The van der Waals surface area contributed by atoms with Gasteiger partial charge in [0.15, 0.2) is 0 Å². The summed E-state index contributed by atoms with van der Waals surface area (Å²) in [6.07, 6.45) is 0.945. The summed E-state index contributed by atoms with van der Waals surface area (Å²) >= 11 is 0. The van der Waals surface area contributed by atoms with Crippen molar-refractivity contribution in [2.24, 2.45) is 5.73 Å². The van der Waals surface area contributed by atoms with Gasteiger partial charge in [-0.3, -0.25) is 9.69 Å². The third-order valence-electron chi connectivity index (χ3n) is 3.42. The van der Waals surface area contributed by atoms with E-state index in [1.165, 1.54) is 12.1 Å². The maximum atomic E-state index is 12.8. The van der Waals surface area contributed by atoms with Gasteiger partial charge in [-0.15, -0.1) is 12.4 Å². The fraction of sp³-hybridized carbons (Fsp3) is 0.500. The fourth-order valence-corrected chi connectivity index (χ4v) is 2.33. The molecule has 1 aliphatic rings. The Hall–Kier alpha value is -1.17. The predicted octanol–water partition coefficient (Wildman–Crippen LogP) is 1.46. The number of hydrogen-bond donors (Lipinski definition) is 2. The quantitative estimate of drug-likeness (QED) is 0.885. The first-order valence-corrected chi connectivity index (χ1v) is 6.57. The molecule has 3 N–H and O–H groups in total. The zero-order chi connectivity index (χ0) is 13.8. The molecule has 112 valence electrons. The first-order valence-electron chi connectivity index (χ1n) is 6.57. The lowest BCUT2D eigenvalue weighted by Crippen LogP contribution is -2.38. The molecule has 4 nitrogen and oxygen atoms in total. The summed E-state index contributed by atoms with van der Waals surface area (Å²) in [7, 11) is 0. The molecule has 0 radical (unpaired) electrons. The monoisotopic (exact) mass is 301 g/mol. The molecule has 0 aliphatic carbocycles. The van der Waals surface area contributed by atoms with Crippen LogP contribution >= 0.6 is 12.4 Å². The minimum absolute atomic E-state index is 0. The molecule has 1 aromatic rings. The van der Waals surface area contributed by atoms with Gasteiger partial charge in [-0.1, -0.05) is 12.1 Å². The molecule has 0 spiro atoms. The Morgan fingerprint density at radius 3 is 2.70 bits per heavy atom. The fourth-order valence-electron chi connectivity index (χ4n) is 2.33. The molecular formula is C14H21ClFN3O. The van der Waals surface area contributed by atoms with Gasteiger partial charge in [0.1, 0.15) is 5.82 Å². The second-order valence-corrected chi connectivity index (χ2v) is 5.12. The highest BCUT2D eigenvalue weighted by molar-refractivity contribution is 5.85. The van der Waals surface area contributed by atoms with E-state index in [0.717, 1.165) is 25.1 Å². The van der Waals surface area contributed by atoms with Crippen molar-refractivity contribution in [1.29, 1.82) is 0 Å². The van der Waals surface area contributed by atoms with Gasteiger partial charge < -0.3 is 11.1 Å². The SMILES string of the molecule is CC(NC(=O)CN1CC[C@H](N)C1)c1ccc(F)cc1.Cl. The summed E-state index contributed by atoms with van der Waals surface area (Å²) in [4.78, 5) is 13.9. The number of carbonyl (C=O) groups excluding carboxylic acids is 1. The van der Waals surface area contributed by atoms with Gasteiger partial charge in [0.05, 0.1) is 12.6 Å². The van der Waals surface area contributed by atoms with Crippen molar-refractivity contribution >= 4 is 18.3 Å². The van der Waals surface area contributed by atoms with E-state index in [1.807, 2.05) is 6.92 Å². The van der Waals surface area contributed by atoms with Crippen molar-refractivity contribution in [2.75, 3.05) is 19.6 Å². The lowest BCUT2D eigenvalue weighted by atomic mass is 10.1. The number of nitrogens with zero attached hydrogens (tertiary/aromatic N) is 1. The van der Waals surface area contributed by atoms with E-state index >= 15 is 0 Å². The maximum absolute atomic E-state index is 12.8. The van der Waals surface area contributed by atoms with Crippen LogP contribution in [0.3, 0.4) is 0 Å².